The van der Waals surface area contributed by atoms with Gasteiger partial charge in [-0.05, 0) is 38.1 Å². The molecule has 0 aliphatic carbocycles. The van der Waals surface area contributed by atoms with Crippen LogP contribution in [0, 0.1) is 19.7 Å². The number of nitrogens with one attached hydrogen (secondary N) is 1. The fourth-order valence-corrected chi connectivity index (χ4v) is 2.18. The Balaban J connectivity index is 2.20. The van der Waals surface area contributed by atoms with Crippen molar-refractivity contribution in [3.8, 4) is 5.88 Å². The van der Waals surface area contributed by atoms with Crippen molar-refractivity contribution in [1.82, 2.24) is 10.3 Å². The first kappa shape index (κ1) is 15.4. The van der Waals surface area contributed by atoms with E-state index >= 15 is 0 Å². The van der Waals surface area contributed by atoms with Gasteiger partial charge in [0.1, 0.15) is 12.4 Å². The summed E-state index contributed by atoms with van der Waals surface area (Å²) in [6.45, 7) is 7.78. The van der Waals surface area contributed by atoms with E-state index in [1.165, 1.54) is 6.07 Å². The molecular weight excluding hydrogens is 267 g/mol. The Morgan fingerprint density at radius 2 is 2.00 bits per heavy atom. The monoisotopic (exact) mass is 288 g/mol. The number of aryl methyl sites for hydroxylation is 2. The first-order chi connectivity index (χ1) is 10.1. The van der Waals surface area contributed by atoms with Gasteiger partial charge in [-0.2, -0.15) is 0 Å². The number of aromatic nitrogens is 1. The van der Waals surface area contributed by atoms with E-state index in [0.29, 0.717) is 18.0 Å². The zero-order valence-corrected chi connectivity index (χ0v) is 12.7. The highest BCUT2D eigenvalue weighted by Gasteiger charge is 2.11. The van der Waals surface area contributed by atoms with Crippen LogP contribution in [0.2, 0.25) is 0 Å². The summed E-state index contributed by atoms with van der Waals surface area (Å²) >= 11 is 0. The molecule has 0 saturated heterocycles. The van der Waals surface area contributed by atoms with E-state index in [0.717, 1.165) is 23.4 Å². The Bertz CT molecular complexity index is 614. The number of rotatable bonds is 6. The van der Waals surface area contributed by atoms with Crippen molar-refractivity contribution in [2.45, 2.75) is 33.9 Å². The third-order valence-electron chi connectivity index (χ3n) is 3.31. The van der Waals surface area contributed by atoms with Gasteiger partial charge >= 0.3 is 0 Å². The van der Waals surface area contributed by atoms with Crippen molar-refractivity contribution in [3.63, 3.8) is 0 Å². The summed E-state index contributed by atoms with van der Waals surface area (Å²) in [6.07, 6.45) is 0. The van der Waals surface area contributed by atoms with Crippen LogP contribution in [0.4, 0.5) is 4.39 Å². The van der Waals surface area contributed by atoms with Gasteiger partial charge in [0.05, 0.1) is 0 Å². The molecule has 21 heavy (non-hydrogen) atoms. The lowest BCUT2D eigenvalue weighted by Gasteiger charge is -2.14. The third-order valence-corrected chi connectivity index (χ3v) is 3.31. The number of hydrogen-bond donors (Lipinski definition) is 1. The quantitative estimate of drug-likeness (QED) is 0.883. The van der Waals surface area contributed by atoms with Gasteiger partial charge in [-0.25, -0.2) is 9.37 Å². The third kappa shape index (κ3) is 4.02. The summed E-state index contributed by atoms with van der Waals surface area (Å²) in [7, 11) is 0. The summed E-state index contributed by atoms with van der Waals surface area (Å²) in [5.74, 6) is 0.326. The average molecular weight is 288 g/mol. The second kappa shape index (κ2) is 7.18. The molecule has 0 aliphatic rings. The molecule has 0 atom stereocenters. The number of pyridine rings is 1. The molecule has 0 spiro atoms. The smallest absolute Gasteiger partial charge is 0.218 e. The molecule has 1 N–H and O–H groups in total. The highest BCUT2D eigenvalue weighted by Crippen LogP contribution is 2.22. The van der Waals surface area contributed by atoms with Gasteiger partial charge in [0.2, 0.25) is 5.88 Å². The first-order valence-corrected chi connectivity index (χ1v) is 7.16. The molecule has 4 heteroatoms. The highest BCUT2D eigenvalue weighted by atomic mass is 19.1. The molecule has 2 rings (SSSR count). The lowest BCUT2D eigenvalue weighted by atomic mass is 10.1. The normalized spacial score (nSPS) is 10.7. The SMILES string of the molecule is CCNCc1c(C)cc(C)nc1OCc1ccccc1F. The topological polar surface area (TPSA) is 34.2 Å². The van der Waals surface area contributed by atoms with Crippen molar-refractivity contribution in [3.05, 3.63) is 58.5 Å². The van der Waals surface area contributed by atoms with Gasteiger partial charge in [-0.15, -0.1) is 0 Å². The Morgan fingerprint density at radius 3 is 2.71 bits per heavy atom. The van der Waals surface area contributed by atoms with E-state index in [4.69, 9.17) is 4.74 Å². The van der Waals surface area contributed by atoms with Crippen molar-refractivity contribution in [2.75, 3.05) is 6.54 Å². The highest BCUT2D eigenvalue weighted by molar-refractivity contribution is 5.36. The van der Waals surface area contributed by atoms with E-state index in [9.17, 15) is 4.39 Å². The molecule has 1 aromatic heterocycles. The zero-order chi connectivity index (χ0) is 15.2. The lowest BCUT2D eigenvalue weighted by Crippen LogP contribution is -2.15. The fraction of sp³-hybridized carbons (Fsp3) is 0.353. The zero-order valence-electron chi connectivity index (χ0n) is 12.7. The Labute approximate surface area is 125 Å². The first-order valence-electron chi connectivity index (χ1n) is 7.16. The molecule has 2 aromatic rings. The van der Waals surface area contributed by atoms with Gasteiger partial charge < -0.3 is 10.1 Å². The summed E-state index contributed by atoms with van der Waals surface area (Å²) in [5.41, 5.74) is 3.59. The molecule has 3 nitrogen and oxygen atoms in total. The maximum atomic E-state index is 13.6. The molecule has 0 fully saturated rings. The summed E-state index contributed by atoms with van der Waals surface area (Å²) < 4.78 is 19.4. The number of halogens is 1. The van der Waals surface area contributed by atoms with E-state index in [1.54, 1.807) is 18.2 Å². The van der Waals surface area contributed by atoms with E-state index < -0.39 is 0 Å². The van der Waals surface area contributed by atoms with Crippen LogP contribution in [0.3, 0.4) is 0 Å². The summed E-state index contributed by atoms with van der Waals surface area (Å²) in [6, 6.07) is 8.67. The average Bonchev–Trinajstić information content (AvgIpc) is 2.45. The van der Waals surface area contributed by atoms with Crippen molar-refractivity contribution in [1.29, 1.82) is 0 Å². The van der Waals surface area contributed by atoms with Crippen LogP contribution in [0.1, 0.15) is 29.3 Å². The van der Waals surface area contributed by atoms with E-state index in [2.05, 4.69) is 17.2 Å². The van der Waals surface area contributed by atoms with E-state index in [-0.39, 0.29) is 12.4 Å². The Kier molecular flexibility index (Phi) is 5.28. The van der Waals surface area contributed by atoms with Crippen LogP contribution in [0.15, 0.2) is 30.3 Å². The van der Waals surface area contributed by atoms with Crippen molar-refractivity contribution in [2.24, 2.45) is 0 Å². The number of hydrogen-bond acceptors (Lipinski definition) is 3. The largest absolute Gasteiger partial charge is 0.472 e. The van der Waals surface area contributed by atoms with Crippen LogP contribution in [0.25, 0.3) is 0 Å². The van der Waals surface area contributed by atoms with Gasteiger partial charge in [0.25, 0.3) is 0 Å². The number of benzene rings is 1. The molecular formula is C17H21FN2O. The molecule has 1 heterocycles. The molecule has 0 saturated carbocycles. The maximum Gasteiger partial charge on any atom is 0.218 e. The maximum absolute atomic E-state index is 13.6. The molecule has 0 unspecified atom stereocenters. The van der Waals surface area contributed by atoms with Crippen LogP contribution in [-0.2, 0) is 13.2 Å². The minimum absolute atomic E-state index is 0.182. The van der Waals surface area contributed by atoms with Crippen LogP contribution >= 0.6 is 0 Å². The van der Waals surface area contributed by atoms with Crippen molar-refractivity contribution >= 4 is 0 Å². The van der Waals surface area contributed by atoms with Gasteiger partial charge in [-0.1, -0.05) is 25.1 Å². The Morgan fingerprint density at radius 1 is 1.24 bits per heavy atom. The molecule has 112 valence electrons. The summed E-state index contributed by atoms with van der Waals surface area (Å²) in [5, 5.41) is 3.28. The van der Waals surface area contributed by atoms with Gasteiger partial charge in [-0.3, -0.25) is 0 Å². The van der Waals surface area contributed by atoms with Gasteiger partial charge in [0.15, 0.2) is 0 Å². The van der Waals surface area contributed by atoms with Crippen LogP contribution in [-0.4, -0.2) is 11.5 Å². The second-order valence-corrected chi connectivity index (χ2v) is 5.02. The number of nitrogens with zero attached hydrogens (tertiary/aromatic N) is 1. The molecule has 1 aromatic carbocycles. The lowest BCUT2D eigenvalue weighted by molar-refractivity contribution is 0.283. The van der Waals surface area contributed by atoms with Crippen molar-refractivity contribution < 1.29 is 9.13 Å². The Hall–Kier alpha value is -1.94. The fourth-order valence-electron chi connectivity index (χ4n) is 2.18. The predicted molar refractivity (Wildman–Crippen MR) is 81.8 cm³/mol. The predicted octanol–water partition coefficient (Wildman–Crippen LogP) is 3.53. The van der Waals surface area contributed by atoms with E-state index in [1.807, 2.05) is 19.9 Å². The summed E-state index contributed by atoms with van der Waals surface area (Å²) in [4.78, 5) is 4.45. The molecule has 0 amide bonds. The molecule has 0 radical (unpaired) electrons. The molecule has 0 aliphatic heterocycles. The second-order valence-electron chi connectivity index (χ2n) is 5.02. The number of ether oxygens (including phenoxy) is 1. The van der Waals surface area contributed by atoms with Crippen LogP contribution < -0.4 is 10.1 Å². The van der Waals surface area contributed by atoms with Gasteiger partial charge in [0, 0.05) is 23.4 Å². The minimum atomic E-state index is -0.255. The van der Waals surface area contributed by atoms with Crippen LogP contribution in [0.5, 0.6) is 5.88 Å². The minimum Gasteiger partial charge on any atom is -0.472 e. The standard InChI is InChI=1S/C17H21FN2O/c1-4-19-10-15-12(2)9-13(3)20-17(15)21-11-14-7-5-6-8-16(14)18/h5-9,19H,4,10-11H2,1-3H3. The molecule has 0 bridgehead atoms.